The van der Waals surface area contributed by atoms with Crippen molar-refractivity contribution in [2.45, 2.75) is 19.9 Å². The van der Waals surface area contributed by atoms with E-state index in [0.29, 0.717) is 6.04 Å². The number of aliphatic imine (C=N–C) groups is 1. The molecule has 0 aromatic heterocycles. The highest BCUT2D eigenvalue weighted by atomic mass is 14.9. The average Bonchev–Trinajstić information content (AvgIpc) is 1.84. The van der Waals surface area contributed by atoms with E-state index < -0.39 is 0 Å². The Kier molecular flexibility index (Phi) is 3.44. The van der Waals surface area contributed by atoms with Crippen LogP contribution in [0.4, 0.5) is 0 Å². The summed E-state index contributed by atoms with van der Waals surface area (Å²) >= 11 is 0. The normalized spacial score (nSPS) is 16.2. The van der Waals surface area contributed by atoms with Crippen molar-refractivity contribution in [3.8, 4) is 0 Å². The Labute approximate surface area is 51.0 Å². The van der Waals surface area contributed by atoms with Gasteiger partial charge in [-0.2, -0.15) is 0 Å². The summed E-state index contributed by atoms with van der Waals surface area (Å²) in [5.41, 5.74) is 1.15. The molecule has 0 aromatic rings. The van der Waals surface area contributed by atoms with Crippen LogP contribution in [0.15, 0.2) is 4.99 Å². The summed E-state index contributed by atoms with van der Waals surface area (Å²) in [6.45, 7) is 4.10. The van der Waals surface area contributed by atoms with Gasteiger partial charge in [-0.15, -0.1) is 0 Å². The van der Waals surface area contributed by atoms with E-state index in [-0.39, 0.29) is 0 Å². The van der Waals surface area contributed by atoms with Gasteiger partial charge in [0.1, 0.15) is 0 Å². The second-order valence-electron chi connectivity index (χ2n) is 1.88. The van der Waals surface area contributed by atoms with Crippen molar-refractivity contribution < 1.29 is 0 Å². The quantitative estimate of drug-likeness (QED) is 0.525. The second kappa shape index (κ2) is 3.61. The molecule has 0 rings (SSSR count). The van der Waals surface area contributed by atoms with Crippen LogP contribution in [0, 0.1) is 0 Å². The molecule has 0 aromatic carbocycles. The van der Waals surface area contributed by atoms with Gasteiger partial charge in [0.25, 0.3) is 0 Å². The third-order valence-electron chi connectivity index (χ3n) is 1.41. The van der Waals surface area contributed by atoms with Gasteiger partial charge in [0, 0.05) is 18.8 Å². The first kappa shape index (κ1) is 7.63. The first-order valence-electron chi connectivity index (χ1n) is 2.83. The van der Waals surface area contributed by atoms with Crippen molar-refractivity contribution >= 4 is 5.71 Å². The molecule has 0 aliphatic heterocycles. The number of hydrogen-bond donors (Lipinski definition) is 1. The van der Waals surface area contributed by atoms with Gasteiger partial charge in [0.05, 0.1) is 0 Å². The minimum Gasteiger partial charge on any atom is -0.312 e. The van der Waals surface area contributed by atoms with Crippen LogP contribution in [-0.2, 0) is 0 Å². The predicted molar refractivity (Wildman–Crippen MR) is 37.6 cm³/mol. The molecular weight excluding hydrogens is 100 g/mol. The lowest BCUT2D eigenvalue weighted by Gasteiger charge is -2.06. The zero-order valence-corrected chi connectivity index (χ0v) is 6.02. The minimum atomic E-state index is 0.417. The molecule has 1 unspecified atom stereocenters. The monoisotopic (exact) mass is 114 g/mol. The number of nitrogens with zero attached hydrogens (tertiary/aromatic N) is 1. The minimum absolute atomic E-state index is 0.417. The molecule has 1 atom stereocenters. The molecule has 0 amide bonds. The number of rotatable bonds is 2. The summed E-state index contributed by atoms with van der Waals surface area (Å²) in [5.74, 6) is 0. The van der Waals surface area contributed by atoms with Crippen molar-refractivity contribution in [3.63, 3.8) is 0 Å². The van der Waals surface area contributed by atoms with Crippen molar-refractivity contribution in [2.75, 3.05) is 14.1 Å². The predicted octanol–water partition coefficient (Wildman–Crippen LogP) is 0.685. The molecular formula is C6H14N2. The molecule has 2 heteroatoms. The standard InChI is InChI=1S/C6H14N2/c1-5(7-3)6(2)8-4/h5,7H,1-4H3/b8-6+. The van der Waals surface area contributed by atoms with E-state index >= 15 is 0 Å². The van der Waals surface area contributed by atoms with E-state index in [2.05, 4.69) is 17.2 Å². The van der Waals surface area contributed by atoms with Crippen LogP contribution in [0.5, 0.6) is 0 Å². The molecule has 0 aliphatic rings. The van der Waals surface area contributed by atoms with E-state index in [1.54, 1.807) is 0 Å². The second-order valence-corrected chi connectivity index (χ2v) is 1.88. The fourth-order valence-electron chi connectivity index (χ4n) is 0.403. The van der Waals surface area contributed by atoms with Gasteiger partial charge in [-0.1, -0.05) is 0 Å². The van der Waals surface area contributed by atoms with Crippen LogP contribution >= 0.6 is 0 Å². The molecule has 0 heterocycles. The van der Waals surface area contributed by atoms with Crippen LogP contribution in [0.25, 0.3) is 0 Å². The first-order chi connectivity index (χ1) is 3.72. The highest BCUT2D eigenvalue weighted by Crippen LogP contribution is 1.82. The van der Waals surface area contributed by atoms with Gasteiger partial charge in [-0.3, -0.25) is 4.99 Å². The maximum atomic E-state index is 4.01. The van der Waals surface area contributed by atoms with Gasteiger partial charge in [0.2, 0.25) is 0 Å². The van der Waals surface area contributed by atoms with Crippen LogP contribution in [0.2, 0.25) is 0 Å². The van der Waals surface area contributed by atoms with Gasteiger partial charge in [-0.25, -0.2) is 0 Å². The Morgan fingerprint density at radius 3 is 2.25 bits per heavy atom. The molecule has 0 spiro atoms. The molecule has 1 N–H and O–H groups in total. The Morgan fingerprint density at radius 1 is 1.62 bits per heavy atom. The molecule has 0 saturated heterocycles. The van der Waals surface area contributed by atoms with Crippen molar-refractivity contribution in [3.05, 3.63) is 0 Å². The smallest absolute Gasteiger partial charge is 0.0416 e. The van der Waals surface area contributed by atoms with Gasteiger partial charge in [-0.05, 0) is 20.9 Å². The lowest BCUT2D eigenvalue weighted by molar-refractivity contribution is 0.758. The Balaban J connectivity index is 3.63. The highest BCUT2D eigenvalue weighted by molar-refractivity contribution is 5.86. The lowest BCUT2D eigenvalue weighted by atomic mass is 10.2. The average molecular weight is 114 g/mol. The zero-order valence-electron chi connectivity index (χ0n) is 6.02. The summed E-state index contributed by atoms with van der Waals surface area (Å²) in [6.07, 6.45) is 0. The van der Waals surface area contributed by atoms with E-state index in [1.165, 1.54) is 0 Å². The lowest BCUT2D eigenvalue weighted by Crippen LogP contribution is -2.28. The molecule has 48 valence electrons. The SMILES string of the molecule is C/N=C(\C)C(C)NC. The van der Waals surface area contributed by atoms with E-state index in [1.807, 2.05) is 21.0 Å². The molecule has 8 heavy (non-hydrogen) atoms. The van der Waals surface area contributed by atoms with E-state index in [0.717, 1.165) is 5.71 Å². The summed E-state index contributed by atoms with van der Waals surface area (Å²) < 4.78 is 0. The van der Waals surface area contributed by atoms with Gasteiger partial charge >= 0.3 is 0 Å². The molecule has 0 fully saturated rings. The zero-order chi connectivity index (χ0) is 6.57. The van der Waals surface area contributed by atoms with Crippen LogP contribution < -0.4 is 5.32 Å². The van der Waals surface area contributed by atoms with Crippen LogP contribution in [0.3, 0.4) is 0 Å². The molecule has 0 bridgehead atoms. The topological polar surface area (TPSA) is 24.4 Å². The number of nitrogens with one attached hydrogen (secondary N) is 1. The third kappa shape index (κ3) is 2.07. The van der Waals surface area contributed by atoms with Crippen molar-refractivity contribution in [2.24, 2.45) is 4.99 Å². The molecule has 2 nitrogen and oxygen atoms in total. The highest BCUT2D eigenvalue weighted by Gasteiger charge is 1.97. The summed E-state index contributed by atoms with van der Waals surface area (Å²) in [6, 6.07) is 0.417. The Morgan fingerprint density at radius 2 is 2.12 bits per heavy atom. The number of hydrogen-bond acceptors (Lipinski definition) is 2. The molecule has 0 radical (unpaired) electrons. The summed E-state index contributed by atoms with van der Waals surface area (Å²) in [5, 5.41) is 3.08. The van der Waals surface area contributed by atoms with Crippen LogP contribution in [-0.4, -0.2) is 25.8 Å². The van der Waals surface area contributed by atoms with Crippen LogP contribution in [0.1, 0.15) is 13.8 Å². The van der Waals surface area contributed by atoms with Gasteiger partial charge < -0.3 is 5.32 Å². The molecule has 0 aliphatic carbocycles. The Bertz CT molecular complexity index is 86.5. The maximum absolute atomic E-state index is 4.01. The fourth-order valence-corrected chi connectivity index (χ4v) is 0.403. The van der Waals surface area contributed by atoms with Crippen molar-refractivity contribution in [1.82, 2.24) is 5.32 Å². The van der Waals surface area contributed by atoms with E-state index in [4.69, 9.17) is 0 Å². The third-order valence-corrected chi connectivity index (χ3v) is 1.41. The largest absolute Gasteiger partial charge is 0.312 e. The summed E-state index contributed by atoms with van der Waals surface area (Å²) in [4.78, 5) is 4.01. The Hall–Kier alpha value is -0.370. The fraction of sp³-hybridized carbons (Fsp3) is 0.833. The first-order valence-corrected chi connectivity index (χ1v) is 2.83. The van der Waals surface area contributed by atoms with Crippen molar-refractivity contribution in [1.29, 1.82) is 0 Å². The van der Waals surface area contributed by atoms with Gasteiger partial charge in [0.15, 0.2) is 0 Å². The maximum Gasteiger partial charge on any atom is 0.0416 e. The van der Waals surface area contributed by atoms with E-state index in [9.17, 15) is 0 Å². The summed E-state index contributed by atoms with van der Waals surface area (Å²) in [7, 11) is 3.74. The molecule has 0 saturated carbocycles.